The van der Waals surface area contributed by atoms with Crippen molar-refractivity contribution >= 4 is 156 Å². The van der Waals surface area contributed by atoms with E-state index in [9.17, 15) is 109 Å². The molecule has 136 heavy (non-hydrogen) atoms. The molecule has 0 unspecified atom stereocenters. The smallest absolute Gasteiger partial charge is 0.399 e. The van der Waals surface area contributed by atoms with Crippen molar-refractivity contribution < 1.29 is 156 Å². The Morgan fingerprint density at radius 3 is 1.07 bits per heavy atom. The molecule has 4 saturated carbocycles. The first-order valence-corrected chi connectivity index (χ1v) is 53.8. The largest absolute Gasteiger partial charge is 0.497 e. The van der Waals surface area contributed by atoms with Gasteiger partial charge in [-0.3, -0.25) is 0 Å². The average molecular weight is 2390 g/mol. The van der Waals surface area contributed by atoms with Crippen LogP contribution in [0, 0.1) is 46.9 Å². The number of ether oxygens (including phenoxy) is 8. The first kappa shape index (κ1) is 114. The lowest BCUT2D eigenvalue weighted by molar-refractivity contribution is -0.181. The highest BCUT2D eigenvalue weighted by Crippen LogP contribution is 2.49. The van der Waals surface area contributed by atoms with E-state index in [0.717, 1.165) is 124 Å². The molecule has 0 atom stereocenters. The Balaban J connectivity index is 0.000000168. The minimum atomic E-state index is -4.98. The molecule has 0 amide bonds. The number of rotatable bonds is 13. The molecule has 4 aliphatic carbocycles. The molecule has 5 aliphatic heterocycles. The molecule has 16 nitrogen and oxygen atoms in total. The molecule has 0 aromatic heterocycles. The number of sulfone groups is 2. The number of thioether (sulfide) groups is 1. The summed E-state index contributed by atoms with van der Waals surface area (Å²) in [5, 5.41) is 1.13. The van der Waals surface area contributed by atoms with E-state index in [0.29, 0.717) is 135 Å². The van der Waals surface area contributed by atoms with Crippen LogP contribution in [0.25, 0.3) is 11.1 Å². The van der Waals surface area contributed by atoms with Crippen LogP contribution >= 0.6 is 115 Å². The number of benzene rings is 7. The van der Waals surface area contributed by atoms with E-state index in [1.807, 2.05) is 27.7 Å². The summed E-state index contributed by atoms with van der Waals surface area (Å²) >= 11 is 20.4. The Morgan fingerprint density at radius 1 is 0.390 bits per heavy atom. The minimum Gasteiger partial charge on any atom is -0.399 e. The van der Waals surface area contributed by atoms with Crippen LogP contribution in [-0.2, 0) is 107 Å². The third kappa shape index (κ3) is 31.3. The zero-order valence-electron chi connectivity index (χ0n) is 72.9. The number of hydrogen-bond donors (Lipinski definition) is 1. The van der Waals surface area contributed by atoms with E-state index < -0.39 is 167 Å². The zero-order valence-corrected chi connectivity index (χ0v) is 85.7. The lowest BCUT2D eigenvalue weighted by Crippen LogP contribution is -2.41. The maximum Gasteiger partial charge on any atom is 0.497 e. The fourth-order valence-corrected chi connectivity index (χ4v) is 24.9. The maximum absolute atomic E-state index is 14.1. The molecule has 5 heterocycles. The van der Waals surface area contributed by atoms with Gasteiger partial charge >= 0.3 is 38.0 Å². The highest BCUT2D eigenvalue weighted by atomic mass is 79.9. The Kier molecular flexibility index (Phi) is 39.1. The zero-order chi connectivity index (χ0) is 100. The van der Waals surface area contributed by atoms with E-state index in [2.05, 4.69) is 92.3 Å². The summed E-state index contributed by atoms with van der Waals surface area (Å²) in [5.41, 5.74) is -6.34. The summed E-state index contributed by atoms with van der Waals surface area (Å²) in [6, 6.07) is 22.4. The van der Waals surface area contributed by atoms with Gasteiger partial charge in [0, 0.05) is 124 Å². The molecular weight excluding hydrogens is 2290 g/mol. The lowest BCUT2D eigenvalue weighted by Gasteiger charge is -2.35. The summed E-state index contributed by atoms with van der Waals surface area (Å²) in [6.45, 7) is 12.4. The SMILES string of the molecule is BrCC1CCC2(CC1)OCCO2.CC1(C)OB(c2ccc(F)cc2F)OC1(C)C.FC(F)(F)c1cc(Br)ccc1S.FC(F)(F)c1cc(Br)ccc1SCC1CCC2(CC1)OCCO2.O=S(=O)(CC1CCC2(CC1)OCCO2)c1ccc(-c2ccc(F)cc2F)cc1C(F)(F)F.O=S(=O)(CC1CCC2(CC1)OCCO2)c1ccc(Br)cc1C(F)(F)F.O=S(=O)(Cl)c1ccc(Br)cc1C(F)(F)F. The molecule has 7 aromatic rings. The molecule has 0 N–H and O–H groups in total. The van der Waals surface area contributed by atoms with Gasteiger partial charge in [-0.05, 0) is 211 Å². The molecule has 47 heteroatoms. The summed E-state index contributed by atoms with van der Waals surface area (Å²) in [4.78, 5) is -2.21. The predicted octanol–water partition coefficient (Wildman–Crippen LogP) is 26.8. The van der Waals surface area contributed by atoms with Gasteiger partial charge in [-0.2, -0.15) is 65.9 Å². The van der Waals surface area contributed by atoms with Gasteiger partial charge in [0.1, 0.15) is 23.3 Å². The van der Waals surface area contributed by atoms with E-state index >= 15 is 0 Å². The van der Waals surface area contributed by atoms with Gasteiger partial charge < -0.3 is 47.2 Å². The van der Waals surface area contributed by atoms with Crippen LogP contribution in [0.15, 0.2) is 170 Å². The molecule has 5 saturated heterocycles. The normalized spacial score (nSPS) is 21.3. The predicted molar refractivity (Wildman–Crippen MR) is 491 cm³/mol. The Bertz CT molecular complexity index is 5560. The van der Waals surface area contributed by atoms with Crippen LogP contribution in [0.4, 0.5) is 83.4 Å². The summed E-state index contributed by atoms with van der Waals surface area (Å²) < 4.78 is 378. The summed E-state index contributed by atoms with van der Waals surface area (Å²) in [5.74, 6) is -4.38. The van der Waals surface area contributed by atoms with Gasteiger partial charge in [0.15, 0.2) is 42.8 Å². The van der Waals surface area contributed by atoms with Gasteiger partial charge in [0.05, 0.1) is 118 Å². The Labute approximate surface area is 831 Å². The number of halogens is 25. The fraction of sp³-hybridized carbons (Fsp3) is 0.528. The maximum atomic E-state index is 14.1. The first-order chi connectivity index (χ1) is 63.1. The third-order valence-electron chi connectivity index (χ3n) is 24.3. The molecular formula is C89H94BBr5ClF19O16S5. The van der Waals surface area contributed by atoms with Gasteiger partial charge in [-0.1, -0.05) is 91.8 Å². The molecule has 754 valence electrons. The van der Waals surface area contributed by atoms with Gasteiger partial charge in [-0.15, -0.1) is 24.4 Å². The second-order valence-electron chi connectivity index (χ2n) is 34.3. The average Bonchev–Trinajstić information content (AvgIpc) is 1.60. The minimum absolute atomic E-state index is 0.0642. The molecule has 0 bridgehead atoms. The van der Waals surface area contributed by atoms with Crippen molar-refractivity contribution in [1.82, 2.24) is 0 Å². The lowest BCUT2D eigenvalue weighted by atomic mass is 9.79. The van der Waals surface area contributed by atoms with Crippen LogP contribution in [-0.4, -0.2) is 142 Å². The van der Waals surface area contributed by atoms with Gasteiger partial charge in [-0.25, -0.2) is 42.8 Å². The first-order valence-electron chi connectivity index (χ1n) is 42.4. The Hall–Kier alpha value is -3.89. The van der Waals surface area contributed by atoms with Crippen molar-refractivity contribution in [2.75, 3.05) is 75.4 Å². The van der Waals surface area contributed by atoms with E-state index in [1.54, 1.807) is 12.1 Å². The molecule has 9 fully saturated rings. The second kappa shape index (κ2) is 46.7. The third-order valence-corrected chi connectivity index (χ3v) is 34.1. The van der Waals surface area contributed by atoms with Crippen molar-refractivity contribution in [3.63, 3.8) is 0 Å². The van der Waals surface area contributed by atoms with Gasteiger partial charge in [0.2, 0.25) is 0 Å². The quantitative estimate of drug-likeness (QED) is 0.0286. The van der Waals surface area contributed by atoms with E-state index in [1.165, 1.54) is 61.0 Å². The topological polar surface area (TPSA) is 195 Å². The standard InChI is InChI=1S/C22H21F5O4S.C16H18BrF3O4S.C16H18BrF3O2S.C12H15BF2O2.C9H15BrO2.C7H3BrClF3O2S.C7H4BrF3S/c23-16-2-3-17(19(24)12-16)15-1-4-20(18(11-15)22(25,26)27)32(28,29)13-14-5-7-21(8-6-14)30-9-10-31-21;17-12-1-2-14(13(9-12)16(18,19)20)25(21,22)10-11-3-5-15(6-4-11)23-7-8-24-15;17-12-1-2-14(13(9-12)16(18,19)20)23-10-11-3-5-15(6-4-11)21-7-8-22-15;1-11(2)12(3,4)17-13(16-11)9-6-5-8(14)7-10(9)15;10-7-8-1-3-9(4-2-8)11-5-6-12-9;8-4-1-2-6(15(9,13)14)5(3-4)7(10,11)12;8-4-1-2-6(12)5(3-4)7(9,10)11/h1-4,11-12,14H,5-10,13H2;1-2,9,11H,3-8,10H2;1-2,9,11H,3-8,10H2;5-7H,1-4H3;8H,1-7H2;1-3H;1-3,12H. The van der Waals surface area contributed by atoms with Crippen LogP contribution in [0.3, 0.4) is 0 Å². The van der Waals surface area contributed by atoms with Crippen molar-refractivity contribution in [2.45, 2.75) is 220 Å². The van der Waals surface area contributed by atoms with Crippen LogP contribution in [0.2, 0.25) is 0 Å². The fourth-order valence-electron chi connectivity index (χ4n) is 16.4. The van der Waals surface area contributed by atoms with Crippen molar-refractivity contribution in [1.29, 1.82) is 0 Å². The van der Waals surface area contributed by atoms with Gasteiger partial charge in [0.25, 0.3) is 9.05 Å². The number of hydrogen-bond acceptors (Lipinski definition) is 18. The van der Waals surface area contributed by atoms with E-state index in [-0.39, 0.29) is 53.8 Å². The molecule has 4 spiro atoms. The van der Waals surface area contributed by atoms with Crippen LogP contribution in [0.5, 0.6) is 0 Å². The summed E-state index contributed by atoms with van der Waals surface area (Å²) in [6.07, 6.45) is -10.8. The van der Waals surface area contributed by atoms with Crippen molar-refractivity contribution in [2.24, 2.45) is 23.7 Å². The highest BCUT2D eigenvalue weighted by molar-refractivity contribution is 9.11. The van der Waals surface area contributed by atoms with Crippen molar-refractivity contribution in [3.8, 4) is 11.1 Å². The van der Waals surface area contributed by atoms with E-state index in [4.69, 9.17) is 57.9 Å². The molecule has 16 rings (SSSR count). The molecule has 9 aliphatic rings. The molecule has 0 radical (unpaired) electrons. The number of alkyl halides is 16. The van der Waals surface area contributed by atoms with Crippen molar-refractivity contribution in [3.05, 3.63) is 196 Å². The monoisotopic (exact) mass is 2380 g/mol. The molecule has 7 aromatic carbocycles. The van der Waals surface area contributed by atoms with Crippen LogP contribution in [0.1, 0.15) is 158 Å². The summed E-state index contributed by atoms with van der Waals surface area (Å²) in [7, 11) is -8.64. The van der Waals surface area contributed by atoms with Crippen LogP contribution < -0.4 is 5.46 Å². The Morgan fingerprint density at radius 2 is 0.706 bits per heavy atom. The number of thiol groups is 1. The second-order valence-corrected chi connectivity index (χ2v) is 46.7. The highest BCUT2D eigenvalue weighted by Gasteiger charge is 2.54.